The first-order valence-corrected chi connectivity index (χ1v) is 9.58. The molecule has 27 heavy (non-hydrogen) atoms. The van der Waals surface area contributed by atoms with Crippen molar-refractivity contribution in [2.45, 2.75) is 38.8 Å². The van der Waals surface area contributed by atoms with E-state index in [2.05, 4.69) is 34.5 Å². The van der Waals surface area contributed by atoms with Crippen LogP contribution >= 0.6 is 0 Å². The highest BCUT2D eigenvalue weighted by Crippen LogP contribution is 2.32. The number of carbonyl (C=O) groups excluding carboxylic acids is 1. The molecule has 2 N–H and O–H groups in total. The van der Waals surface area contributed by atoms with Crippen molar-refractivity contribution >= 4 is 5.91 Å². The number of phenols is 1. The Bertz CT molecular complexity index is 769. The lowest BCUT2D eigenvalue weighted by Gasteiger charge is -2.32. The molecule has 1 amide bonds. The number of aromatic hydroxyl groups is 1. The molecule has 2 aromatic carbocycles. The molecule has 0 bridgehead atoms. The van der Waals surface area contributed by atoms with E-state index in [9.17, 15) is 9.90 Å². The summed E-state index contributed by atoms with van der Waals surface area (Å²) in [6.45, 7) is 4.77. The normalized spacial score (nSPS) is 15.5. The molecule has 5 heteroatoms. The van der Waals surface area contributed by atoms with Gasteiger partial charge >= 0.3 is 0 Å². The van der Waals surface area contributed by atoms with Gasteiger partial charge in [0.25, 0.3) is 5.91 Å². The average Bonchev–Trinajstić information content (AvgIpc) is 2.69. The van der Waals surface area contributed by atoms with Crippen LogP contribution in [0.15, 0.2) is 42.5 Å². The van der Waals surface area contributed by atoms with Crippen molar-refractivity contribution in [3.8, 4) is 11.5 Å². The summed E-state index contributed by atoms with van der Waals surface area (Å²) >= 11 is 0. The second kappa shape index (κ2) is 8.91. The van der Waals surface area contributed by atoms with E-state index in [-0.39, 0.29) is 23.3 Å². The number of amides is 1. The minimum Gasteiger partial charge on any atom is -0.507 e. The van der Waals surface area contributed by atoms with Crippen LogP contribution in [0.25, 0.3) is 0 Å². The van der Waals surface area contributed by atoms with Gasteiger partial charge in [0, 0.05) is 25.7 Å². The zero-order chi connectivity index (χ0) is 19.2. The Balaban J connectivity index is 1.60. The van der Waals surface area contributed by atoms with Crippen LogP contribution in [-0.4, -0.2) is 42.2 Å². The first-order chi connectivity index (χ1) is 13.1. The lowest BCUT2D eigenvalue weighted by molar-refractivity contribution is 0.0903. The van der Waals surface area contributed by atoms with Gasteiger partial charge in [-0.1, -0.05) is 43.3 Å². The van der Waals surface area contributed by atoms with Gasteiger partial charge in [0.1, 0.15) is 17.1 Å². The van der Waals surface area contributed by atoms with Gasteiger partial charge in [0.05, 0.1) is 7.11 Å². The van der Waals surface area contributed by atoms with Crippen LogP contribution < -0.4 is 10.1 Å². The van der Waals surface area contributed by atoms with Gasteiger partial charge in [-0.25, -0.2) is 0 Å². The average molecular weight is 368 g/mol. The van der Waals surface area contributed by atoms with Crippen molar-refractivity contribution in [1.29, 1.82) is 0 Å². The van der Waals surface area contributed by atoms with E-state index in [1.165, 1.54) is 12.7 Å². The predicted octanol–water partition coefficient (Wildman–Crippen LogP) is 3.36. The standard InChI is InChI=1S/C22H28N2O3/c1-3-17-9-10-19(27-2)20(21(17)25)22(26)23-18-11-13-24(14-12-18)15-16-7-5-4-6-8-16/h4-10,18,25H,3,11-15H2,1-2H3,(H,23,26). The second-order valence-corrected chi connectivity index (χ2v) is 7.01. The molecule has 0 atom stereocenters. The number of nitrogens with zero attached hydrogens (tertiary/aromatic N) is 1. The Hall–Kier alpha value is -2.53. The molecule has 3 rings (SSSR count). The zero-order valence-electron chi connectivity index (χ0n) is 16.1. The van der Waals surface area contributed by atoms with Gasteiger partial charge in [-0.3, -0.25) is 9.69 Å². The fourth-order valence-electron chi connectivity index (χ4n) is 3.63. The number of hydrogen-bond donors (Lipinski definition) is 2. The van der Waals surface area contributed by atoms with Crippen LogP contribution in [0.5, 0.6) is 11.5 Å². The maximum Gasteiger partial charge on any atom is 0.259 e. The molecule has 0 unspecified atom stereocenters. The Kier molecular flexibility index (Phi) is 6.35. The molecule has 2 aromatic rings. The van der Waals surface area contributed by atoms with E-state index < -0.39 is 0 Å². The maximum absolute atomic E-state index is 12.8. The molecule has 1 fully saturated rings. The summed E-state index contributed by atoms with van der Waals surface area (Å²) in [5.41, 5.74) is 2.30. The largest absolute Gasteiger partial charge is 0.507 e. The summed E-state index contributed by atoms with van der Waals surface area (Å²) in [4.78, 5) is 15.2. The summed E-state index contributed by atoms with van der Waals surface area (Å²) in [5, 5.41) is 13.5. The second-order valence-electron chi connectivity index (χ2n) is 7.01. The van der Waals surface area contributed by atoms with Crippen molar-refractivity contribution < 1.29 is 14.6 Å². The number of nitrogens with one attached hydrogen (secondary N) is 1. The monoisotopic (exact) mass is 368 g/mol. The number of methoxy groups -OCH3 is 1. The van der Waals surface area contributed by atoms with Crippen LogP contribution in [0.2, 0.25) is 0 Å². The summed E-state index contributed by atoms with van der Waals surface area (Å²) in [5.74, 6) is 0.167. The summed E-state index contributed by atoms with van der Waals surface area (Å²) in [6, 6.07) is 14.1. The van der Waals surface area contributed by atoms with Crippen LogP contribution in [0.3, 0.4) is 0 Å². The Labute approximate surface area is 161 Å². The third kappa shape index (κ3) is 4.61. The van der Waals surface area contributed by atoms with Gasteiger partial charge < -0.3 is 15.2 Å². The van der Waals surface area contributed by atoms with Crippen LogP contribution in [-0.2, 0) is 13.0 Å². The number of aryl methyl sites for hydroxylation is 1. The molecule has 5 nitrogen and oxygen atoms in total. The Morgan fingerprint density at radius 1 is 1.19 bits per heavy atom. The van der Waals surface area contributed by atoms with Gasteiger partial charge in [0.15, 0.2) is 0 Å². The SMILES string of the molecule is CCc1ccc(OC)c(C(=O)NC2CCN(Cc3ccccc3)CC2)c1O. The van der Waals surface area contributed by atoms with Crippen LogP contribution in [0.4, 0.5) is 0 Å². The highest BCUT2D eigenvalue weighted by Gasteiger charge is 2.25. The Morgan fingerprint density at radius 3 is 2.52 bits per heavy atom. The minimum absolute atomic E-state index is 0.0239. The molecule has 0 aliphatic carbocycles. The third-order valence-corrected chi connectivity index (χ3v) is 5.22. The lowest BCUT2D eigenvalue weighted by atomic mass is 10.0. The number of hydrogen-bond acceptors (Lipinski definition) is 4. The lowest BCUT2D eigenvalue weighted by Crippen LogP contribution is -2.44. The molecule has 144 valence electrons. The molecular weight excluding hydrogens is 340 g/mol. The van der Waals surface area contributed by atoms with E-state index in [1.54, 1.807) is 12.1 Å². The number of rotatable bonds is 6. The summed E-state index contributed by atoms with van der Waals surface area (Å²) in [7, 11) is 1.51. The number of benzene rings is 2. The van der Waals surface area contributed by atoms with E-state index in [1.807, 2.05) is 13.0 Å². The fourth-order valence-corrected chi connectivity index (χ4v) is 3.63. The van der Waals surface area contributed by atoms with Crippen molar-refractivity contribution in [3.05, 3.63) is 59.2 Å². The van der Waals surface area contributed by atoms with Gasteiger partial charge in [-0.2, -0.15) is 0 Å². The predicted molar refractivity (Wildman–Crippen MR) is 106 cm³/mol. The van der Waals surface area contributed by atoms with Crippen molar-refractivity contribution in [2.75, 3.05) is 20.2 Å². The molecule has 0 spiro atoms. The number of phenolic OH excluding ortho intramolecular Hbond substituents is 1. The van der Waals surface area contributed by atoms with Crippen molar-refractivity contribution in [1.82, 2.24) is 10.2 Å². The van der Waals surface area contributed by atoms with Crippen molar-refractivity contribution in [2.24, 2.45) is 0 Å². The highest BCUT2D eigenvalue weighted by atomic mass is 16.5. The smallest absolute Gasteiger partial charge is 0.259 e. The summed E-state index contributed by atoms with van der Waals surface area (Å²) in [6.07, 6.45) is 2.46. The van der Waals surface area contributed by atoms with Crippen molar-refractivity contribution in [3.63, 3.8) is 0 Å². The van der Waals surface area contributed by atoms with E-state index in [4.69, 9.17) is 4.74 Å². The molecule has 0 radical (unpaired) electrons. The summed E-state index contributed by atoms with van der Waals surface area (Å²) < 4.78 is 5.29. The van der Waals surface area contributed by atoms with Gasteiger partial charge in [-0.15, -0.1) is 0 Å². The molecule has 1 aliphatic heterocycles. The van der Waals surface area contributed by atoms with E-state index in [0.29, 0.717) is 12.2 Å². The quantitative estimate of drug-likeness (QED) is 0.821. The number of ether oxygens (including phenoxy) is 1. The zero-order valence-corrected chi connectivity index (χ0v) is 16.1. The highest BCUT2D eigenvalue weighted by molar-refractivity contribution is 6.00. The third-order valence-electron chi connectivity index (χ3n) is 5.22. The van der Waals surface area contributed by atoms with E-state index in [0.717, 1.165) is 38.0 Å². The van der Waals surface area contributed by atoms with Crippen LogP contribution in [0.1, 0.15) is 41.3 Å². The first kappa shape index (κ1) is 19.2. The molecule has 1 saturated heterocycles. The Morgan fingerprint density at radius 2 is 1.89 bits per heavy atom. The number of likely N-dealkylation sites (tertiary alicyclic amines) is 1. The maximum atomic E-state index is 12.8. The number of carbonyl (C=O) groups is 1. The van der Waals surface area contributed by atoms with Gasteiger partial charge in [-0.05, 0) is 36.5 Å². The topological polar surface area (TPSA) is 61.8 Å². The van der Waals surface area contributed by atoms with E-state index >= 15 is 0 Å². The minimum atomic E-state index is -0.263. The molecule has 0 saturated carbocycles. The first-order valence-electron chi connectivity index (χ1n) is 9.58. The molecular formula is C22H28N2O3. The molecule has 0 aromatic heterocycles. The van der Waals surface area contributed by atoms with Gasteiger partial charge in [0.2, 0.25) is 0 Å². The van der Waals surface area contributed by atoms with Crippen LogP contribution in [0, 0.1) is 0 Å². The molecule has 1 heterocycles. The molecule has 1 aliphatic rings. The number of piperidine rings is 1. The fraction of sp³-hybridized carbons (Fsp3) is 0.409.